The van der Waals surface area contributed by atoms with Crippen molar-refractivity contribution in [2.75, 3.05) is 38.1 Å². The predicted octanol–water partition coefficient (Wildman–Crippen LogP) is 2.18. The first kappa shape index (κ1) is 13.9. The largest absolute Gasteiger partial charge is 0.454 e. The van der Waals surface area contributed by atoms with Crippen molar-refractivity contribution >= 4 is 11.5 Å². The van der Waals surface area contributed by atoms with Gasteiger partial charge in [0, 0.05) is 37.4 Å². The van der Waals surface area contributed by atoms with E-state index in [-0.39, 0.29) is 5.56 Å². The average molecular weight is 272 g/mol. The molecule has 3 nitrogen and oxygen atoms in total. The number of hydrogen-bond acceptors (Lipinski definition) is 3. The Labute approximate surface area is 109 Å². The molecule has 2 rings (SSSR count). The molecule has 1 heterocycles. The van der Waals surface area contributed by atoms with Crippen LogP contribution in [0.2, 0.25) is 0 Å². The van der Waals surface area contributed by atoms with Gasteiger partial charge in [0.25, 0.3) is 5.78 Å². The van der Waals surface area contributed by atoms with Gasteiger partial charge in [-0.25, -0.2) is 0 Å². The third kappa shape index (κ3) is 3.26. The van der Waals surface area contributed by atoms with Gasteiger partial charge in [0.1, 0.15) is 0 Å². The zero-order valence-electron chi connectivity index (χ0n) is 10.6. The lowest BCUT2D eigenvalue weighted by atomic mass is 10.1. The Morgan fingerprint density at radius 1 is 1.05 bits per heavy atom. The zero-order chi connectivity index (χ0) is 14.0. The summed E-state index contributed by atoms with van der Waals surface area (Å²) < 4.78 is 36.8. The Morgan fingerprint density at radius 3 is 2.05 bits per heavy atom. The molecule has 0 radical (unpaired) electrons. The van der Waals surface area contributed by atoms with Crippen LogP contribution in [-0.4, -0.2) is 50.1 Å². The van der Waals surface area contributed by atoms with E-state index in [1.54, 1.807) is 12.1 Å². The summed E-state index contributed by atoms with van der Waals surface area (Å²) in [5.74, 6) is -1.79. The molecule has 1 aromatic rings. The quantitative estimate of drug-likeness (QED) is 0.771. The van der Waals surface area contributed by atoms with Crippen LogP contribution < -0.4 is 4.90 Å². The number of carbonyl (C=O) groups excluding carboxylic acids is 1. The van der Waals surface area contributed by atoms with Gasteiger partial charge in [-0.05, 0) is 31.3 Å². The fraction of sp³-hybridized carbons (Fsp3) is 0.462. The van der Waals surface area contributed by atoms with Crippen LogP contribution in [0, 0.1) is 0 Å². The lowest BCUT2D eigenvalue weighted by molar-refractivity contribution is -0.0885. The minimum atomic E-state index is -4.81. The van der Waals surface area contributed by atoms with Gasteiger partial charge in [-0.2, -0.15) is 13.2 Å². The first-order chi connectivity index (χ1) is 8.88. The van der Waals surface area contributed by atoms with Crippen LogP contribution in [0.5, 0.6) is 0 Å². The smallest absolute Gasteiger partial charge is 0.369 e. The van der Waals surface area contributed by atoms with Gasteiger partial charge in [-0.15, -0.1) is 0 Å². The monoisotopic (exact) mass is 272 g/mol. The summed E-state index contributed by atoms with van der Waals surface area (Å²) in [7, 11) is 2.03. The van der Waals surface area contributed by atoms with Crippen molar-refractivity contribution in [1.82, 2.24) is 4.90 Å². The second kappa shape index (κ2) is 5.21. The summed E-state index contributed by atoms with van der Waals surface area (Å²) in [6, 6.07) is 5.63. The van der Waals surface area contributed by atoms with Crippen molar-refractivity contribution in [2.45, 2.75) is 6.18 Å². The van der Waals surface area contributed by atoms with Crippen molar-refractivity contribution < 1.29 is 18.0 Å². The number of rotatable bonds is 2. The predicted molar refractivity (Wildman–Crippen MR) is 66.5 cm³/mol. The highest BCUT2D eigenvalue weighted by molar-refractivity contribution is 6.00. The van der Waals surface area contributed by atoms with Gasteiger partial charge in [0.15, 0.2) is 0 Å². The Bertz CT molecular complexity index is 448. The number of carbonyl (C=O) groups is 1. The molecule has 1 aliphatic rings. The van der Waals surface area contributed by atoms with Crippen LogP contribution in [0.4, 0.5) is 18.9 Å². The second-order valence-electron chi connectivity index (χ2n) is 4.66. The lowest BCUT2D eigenvalue weighted by Gasteiger charge is -2.34. The van der Waals surface area contributed by atoms with Crippen LogP contribution in [-0.2, 0) is 0 Å². The van der Waals surface area contributed by atoms with Gasteiger partial charge in [-0.1, -0.05) is 0 Å². The summed E-state index contributed by atoms with van der Waals surface area (Å²) in [5, 5.41) is 0. The molecule has 0 amide bonds. The molecule has 1 saturated heterocycles. The third-order valence-corrected chi connectivity index (χ3v) is 3.26. The number of anilines is 1. The summed E-state index contributed by atoms with van der Waals surface area (Å²) in [4.78, 5) is 15.3. The number of Topliss-reactive ketones (excluding diaryl/α,β-unsaturated/α-hetero) is 1. The van der Waals surface area contributed by atoms with E-state index in [2.05, 4.69) is 9.80 Å². The highest BCUT2D eigenvalue weighted by atomic mass is 19.4. The molecule has 104 valence electrons. The maximum absolute atomic E-state index is 12.3. The standard InChI is InChI=1S/C13H15F3N2O/c1-17-6-8-18(9-7-17)11-4-2-10(3-5-11)12(19)13(14,15)16/h2-5H,6-9H2,1H3. The van der Waals surface area contributed by atoms with Gasteiger partial charge >= 0.3 is 6.18 Å². The Kier molecular flexibility index (Phi) is 3.80. The van der Waals surface area contributed by atoms with E-state index in [1.165, 1.54) is 12.1 Å². The molecular weight excluding hydrogens is 257 g/mol. The Hall–Kier alpha value is -1.56. The van der Waals surface area contributed by atoms with E-state index in [0.29, 0.717) is 0 Å². The van der Waals surface area contributed by atoms with E-state index < -0.39 is 12.0 Å². The molecular formula is C13H15F3N2O. The minimum absolute atomic E-state index is 0.314. The fourth-order valence-corrected chi connectivity index (χ4v) is 2.05. The summed E-state index contributed by atoms with van der Waals surface area (Å²) in [6.07, 6.45) is -4.81. The molecule has 0 unspecified atom stereocenters. The Balaban J connectivity index is 2.09. The first-order valence-corrected chi connectivity index (χ1v) is 6.03. The number of alkyl halides is 3. The Morgan fingerprint density at radius 2 is 1.58 bits per heavy atom. The van der Waals surface area contributed by atoms with Crippen LogP contribution >= 0.6 is 0 Å². The normalized spacial score (nSPS) is 17.6. The molecule has 0 aliphatic carbocycles. The zero-order valence-corrected chi connectivity index (χ0v) is 10.6. The van der Waals surface area contributed by atoms with Crippen LogP contribution in [0.15, 0.2) is 24.3 Å². The van der Waals surface area contributed by atoms with Gasteiger partial charge in [-0.3, -0.25) is 4.79 Å². The van der Waals surface area contributed by atoms with E-state index in [9.17, 15) is 18.0 Å². The molecule has 6 heteroatoms. The lowest BCUT2D eigenvalue weighted by Crippen LogP contribution is -2.44. The van der Waals surface area contributed by atoms with Crippen LogP contribution in [0.25, 0.3) is 0 Å². The number of likely N-dealkylation sites (N-methyl/N-ethyl adjacent to an activating group) is 1. The highest BCUT2D eigenvalue weighted by Crippen LogP contribution is 2.23. The second-order valence-corrected chi connectivity index (χ2v) is 4.66. The molecule has 0 aromatic heterocycles. The van der Waals surface area contributed by atoms with E-state index in [1.807, 2.05) is 7.05 Å². The molecule has 0 saturated carbocycles. The van der Waals surface area contributed by atoms with Crippen molar-refractivity contribution in [2.24, 2.45) is 0 Å². The molecule has 0 atom stereocenters. The summed E-state index contributed by atoms with van der Waals surface area (Å²) in [5.41, 5.74) is 0.539. The maximum Gasteiger partial charge on any atom is 0.454 e. The SMILES string of the molecule is CN1CCN(c2ccc(C(=O)C(F)(F)F)cc2)CC1. The van der Waals surface area contributed by atoms with Gasteiger partial charge in [0.05, 0.1) is 0 Å². The number of halogens is 3. The summed E-state index contributed by atoms with van der Waals surface area (Å²) >= 11 is 0. The number of nitrogens with zero attached hydrogens (tertiary/aromatic N) is 2. The molecule has 0 spiro atoms. The number of hydrogen-bond donors (Lipinski definition) is 0. The average Bonchev–Trinajstić information content (AvgIpc) is 2.38. The molecule has 19 heavy (non-hydrogen) atoms. The van der Waals surface area contributed by atoms with Crippen LogP contribution in [0.3, 0.4) is 0 Å². The molecule has 0 N–H and O–H groups in total. The van der Waals surface area contributed by atoms with Gasteiger partial charge < -0.3 is 9.80 Å². The molecule has 1 aromatic carbocycles. The van der Waals surface area contributed by atoms with Crippen LogP contribution in [0.1, 0.15) is 10.4 Å². The number of piperazine rings is 1. The molecule has 0 bridgehead atoms. The topological polar surface area (TPSA) is 23.6 Å². The summed E-state index contributed by atoms with van der Waals surface area (Å²) in [6.45, 7) is 3.51. The minimum Gasteiger partial charge on any atom is -0.369 e. The third-order valence-electron chi connectivity index (χ3n) is 3.26. The highest BCUT2D eigenvalue weighted by Gasteiger charge is 2.39. The number of ketones is 1. The maximum atomic E-state index is 12.3. The van der Waals surface area contributed by atoms with E-state index in [4.69, 9.17) is 0 Å². The van der Waals surface area contributed by atoms with E-state index >= 15 is 0 Å². The fourth-order valence-electron chi connectivity index (χ4n) is 2.05. The van der Waals surface area contributed by atoms with E-state index in [0.717, 1.165) is 31.9 Å². The van der Waals surface area contributed by atoms with Crippen molar-refractivity contribution in [3.8, 4) is 0 Å². The van der Waals surface area contributed by atoms with Crippen molar-refractivity contribution in [1.29, 1.82) is 0 Å². The first-order valence-electron chi connectivity index (χ1n) is 6.03. The van der Waals surface area contributed by atoms with Gasteiger partial charge in [0.2, 0.25) is 0 Å². The van der Waals surface area contributed by atoms with Crippen molar-refractivity contribution in [3.63, 3.8) is 0 Å². The number of benzene rings is 1. The van der Waals surface area contributed by atoms with Crippen molar-refractivity contribution in [3.05, 3.63) is 29.8 Å². The molecule has 1 fully saturated rings. The molecule has 1 aliphatic heterocycles.